The molecule has 2 saturated heterocycles. The number of likely N-dealkylation sites (N-methyl/N-ethyl adjacent to an activating group) is 2. The quantitative estimate of drug-likeness (QED) is 0.0246. The summed E-state index contributed by atoms with van der Waals surface area (Å²) in [6, 6.07) is 6.76. The average molecular weight is 1520 g/mol. The van der Waals surface area contributed by atoms with Crippen molar-refractivity contribution >= 4 is 88.4 Å². The van der Waals surface area contributed by atoms with Gasteiger partial charge in [0.25, 0.3) is 0 Å². The van der Waals surface area contributed by atoms with E-state index >= 15 is 0 Å². The number of thioether (sulfide) groups is 1. The van der Waals surface area contributed by atoms with E-state index in [1.165, 1.54) is 55.1 Å². The molecule has 0 radical (unpaired) electrons. The number of halogens is 1. The molecule has 1 saturated carbocycles. The Morgan fingerprint density at radius 1 is 0.738 bits per heavy atom. The number of nitrogens with zero attached hydrogens (tertiary/aromatic N) is 4. The van der Waals surface area contributed by atoms with Crippen LogP contribution in [0.2, 0.25) is 0 Å². The van der Waals surface area contributed by atoms with Gasteiger partial charge in [-0.2, -0.15) is 0 Å². The van der Waals surface area contributed by atoms with E-state index in [0.717, 1.165) is 12.8 Å². The van der Waals surface area contributed by atoms with Crippen LogP contribution in [0, 0.1) is 52.7 Å². The predicted octanol–water partition coefficient (Wildman–Crippen LogP) is 7.71. The van der Waals surface area contributed by atoms with E-state index in [1.54, 1.807) is 83.0 Å². The van der Waals surface area contributed by atoms with Crippen LogP contribution in [0.1, 0.15) is 176 Å². The van der Waals surface area contributed by atoms with Crippen LogP contribution in [0.25, 0.3) is 0 Å². The van der Waals surface area contributed by atoms with Gasteiger partial charge in [0.15, 0.2) is 11.6 Å². The normalized spacial score (nSPS) is 19.1. The van der Waals surface area contributed by atoms with Crippen molar-refractivity contribution in [2.24, 2.45) is 52.6 Å². The lowest BCUT2D eigenvalue weighted by Crippen LogP contribution is -2.54. The minimum Gasteiger partial charge on any atom is -0.445 e. The highest BCUT2D eigenvalue weighted by Crippen LogP contribution is 2.52. The van der Waals surface area contributed by atoms with Crippen molar-refractivity contribution in [3.05, 3.63) is 65.5 Å². The third-order valence-corrected chi connectivity index (χ3v) is 22.7. The second kappa shape index (κ2) is 43.0. The molecule has 598 valence electrons. The summed E-state index contributed by atoms with van der Waals surface area (Å²) in [5.41, 5.74) is 6.49. The summed E-state index contributed by atoms with van der Waals surface area (Å²) in [7, 11) is 11.5. The van der Waals surface area contributed by atoms with Gasteiger partial charge in [-0.25, -0.2) is 14.0 Å². The first kappa shape index (κ1) is 90.0. The Balaban J connectivity index is 1.17. The molecule has 3 fully saturated rings. The first-order chi connectivity index (χ1) is 50.5. The number of hydrogen-bond acceptors (Lipinski definition) is 18. The fourth-order valence-electron chi connectivity index (χ4n) is 14.8. The fraction of sp³-hybridized carbons (Fsp3) is 0.692. The van der Waals surface area contributed by atoms with Crippen LogP contribution >= 0.6 is 11.8 Å². The number of primary amides is 1. The van der Waals surface area contributed by atoms with Crippen LogP contribution in [-0.2, 0) is 73.5 Å². The number of nitrogens with one attached hydrogen (secondary N) is 6. The molecule has 2 aliphatic heterocycles. The number of anilines is 1. The van der Waals surface area contributed by atoms with Gasteiger partial charge in [0, 0.05) is 110 Å². The lowest BCUT2D eigenvalue weighted by molar-refractivity contribution is -0.149. The SMILES string of the molecule is CNC(=O)CC1(CSC2CC(=O)N(CCCCCC(=O)N[C@H](C(=O)CC(CCCNC(N)=O)C(=O)Nc3ccc(COC(=O)NC(c4ccc(F)cc4)[C@@H](C)NC(=O)[C@H](C)[C@@H](OC)[C@@H]4C[C@@H](OC)CN4C(=O)C[C@@H](OC)[C@H](C(C)C)N(C)C(=O)[C@@H](CC(=O)[C@H](C(C)C)N(C)C)C(C)C)cc3)C(C)C)C2=O)CC1. The highest BCUT2D eigenvalue weighted by Gasteiger charge is 2.49. The number of methoxy groups -OCH3 is 3. The molecule has 1 aliphatic carbocycles. The molecule has 27 nitrogen and oxygen atoms in total. The highest BCUT2D eigenvalue weighted by atomic mass is 32.2. The smallest absolute Gasteiger partial charge is 0.408 e. The van der Waals surface area contributed by atoms with Crippen LogP contribution in [0.3, 0.4) is 0 Å². The zero-order valence-electron chi connectivity index (χ0n) is 66.1. The number of nitrogens with two attached hydrogens (primary N) is 1. The Bertz CT molecular complexity index is 3310. The van der Waals surface area contributed by atoms with Crippen LogP contribution in [0.4, 0.5) is 19.7 Å². The number of likely N-dealkylation sites (tertiary alicyclic amines) is 2. The van der Waals surface area contributed by atoms with Crippen molar-refractivity contribution in [1.82, 2.24) is 46.2 Å². The van der Waals surface area contributed by atoms with Gasteiger partial charge in [0.2, 0.25) is 47.3 Å². The summed E-state index contributed by atoms with van der Waals surface area (Å²) >= 11 is 1.44. The molecule has 8 N–H and O–H groups in total. The maximum atomic E-state index is 14.8. The molecule has 5 rings (SSSR count). The molecule has 2 heterocycles. The van der Waals surface area contributed by atoms with Crippen LogP contribution in [0.15, 0.2) is 48.5 Å². The first-order valence-electron chi connectivity index (χ1n) is 37.7. The Morgan fingerprint density at radius 2 is 1.40 bits per heavy atom. The van der Waals surface area contributed by atoms with E-state index in [-0.39, 0.29) is 147 Å². The molecule has 107 heavy (non-hydrogen) atoms. The molecule has 11 amide bonds. The second-order valence-electron chi connectivity index (χ2n) is 30.9. The Hall–Kier alpha value is -7.60. The maximum absolute atomic E-state index is 14.8. The topological polar surface area (TPSA) is 353 Å². The number of amides is 11. The number of imide groups is 1. The first-order valence-corrected chi connectivity index (χ1v) is 38.8. The van der Waals surface area contributed by atoms with E-state index in [2.05, 4.69) is 31.9 Å². The monoisotopic (exact) mass is 1520 g/mol. The summed E-state index contributed by atoms with van der Waals surface area (Å²) in [6.07, 6.45) is 1.47. The van der Waals surface area contributed by atoms with Gasteiger partial charge >= 0.3 is 12.1 Å². The number of Topliss-reactive ketones (excluding diaryl/α,β-unsaturated/α-hetero) is 2. The van der Waals surface area contributed by atoms with E-state index in [9.17, 15) is 61.9 Å². The van der Waals surface area contributed by atoms with Gasteiger partial charge < -0.3 is 66.4 Å². The minimum absolute atomic E-state index is 0.0176. The van der Waals surface area contributed by atoms with Crippen molar-refractivity contribution in [2.75, 3.05) is 80.2 Å². The molecule has 3 unspecified atom stereocenters. The number of carbonyl (C=O) groups is 12. The molecule has 13 atom stereocenters. The summed E-state index contributed by atoms with van der Waals surface area (Å²) < 4.78 is 38.1. The molecule has 0 aromatic heterocycles. The largest absolute Gasteiger partial charge is 0.445 e. The van der Waals surface area contributed by atoms with Gasteiger partial charge in [0.1, 0.15) is 12.4 Å². The number of hydrogen-bond donors (Lipinski definition) is 7. The number of carbonyl (C=O) groups excluding carboxylic acids is 12. The summed E-state index contributed by atoms with van der Waals surface area (Å²) in [5, 5.41) is 16.2. The summed E-state index contributed by atoms with van der Waals surface area (Å²) in [4.78, 5) is 169. The Labute approximate surface area is 636 Å². The number of unbranched alkanes of at least 4 members (excludes halogenated alkanes) is 2. The Morgan fingerprint density at radius 3 is 1.96 bits per heavy atom. The maximum Gasteiger partial charge on any atom is 0.408 e. The fourth-order valence-corrected chi connectivity index (χ4v) is 16.3. The van der Waals surface area contributed by atoms with Crippen LogP contribution < -0.4 is 37.6 Å². The number of ether oxygens (including phenoxy) is 4. The van der Waals surface area contributed by atoms with Gasteiger partial charge in [-0.1, -0.05) is 93.0 Å². The number of urea groups is 1. The third kappa shape index (κ3) is 26.9. The van der Waals surface area contributed by atoms with Crippen LogP contribution in [0.5, 0.6) is 0 Å². The predicted molar refractivity (Wildman–Crippen MR) is 406 cm³/mol. The van der Waals surface area contributed by atoms with Crippen molar-refractivity contribution in [3.63, 3.8) is 0 Å². The molecule has 29 heteroatoms. The molecular formula is C78H122FN11O16S. The van der Waals surface area contributed by atoms with Crippen LogP contribution in [-0.4, -0.2) is 219 Å². The molecule has 2 aromatic carbocycles. The molecule has 0 spiro atoms. The van der Waals surface area contributed by atoms with Crippen molar-refractivity contribution < 1.29 is 80.9 Å². The van der Waals surface area contributed by atoms with Gasteiger partial charge in [0.05, 0.1) is 72.2 Å². The summed E-state index contributed by atoms with van der Waals surface area (Å²) in [5.74, 6) is -5.69. The number of benzene rings is 2. The highest BCUT2D eigenvalue weighted by molar-refractivity contribution is 8.00. The zero-order chi connectivity index (χ0) is 79.7. The van der Waals surface area contributed by atoms with Crippen molar-refractivity contribution in [1.29, 1.82) is 0 Å². The lowest BCUT2D eigenvalue weighted by atomic mass is 9.84. The van der Waals surface area contributed by atoms with E-state index in [4.69, 9.17) is 24.7 Å². The zero-order valence-corrected chi connectivity index (χ0v) is 66.9. The second-order valence-corrected chi connectivity index (χ2v) is 32.1. The number of alkyl carbamates (subject to hydrolysis) is 1. The molecule has 3 aliphatic rings. The lowest BCUT2D eigenvalue weighted by Gasteiger charge is -2.40. The average Bonchev–Trinajstić information content (AvgIpc) is 1.69. The van der Waals surface area contributed by atoms with Crippen molar-refractivity contribution in [2.45, 2.75) is 226 Å². The summed E-state index contributed by atoms with van der Waals surface area (Å²) in [6.45, 7) is 19.0. The molecule has 0 bridgehead atoms. The third-order valence-electron chi connectivity index (χ3n) is 21.1. The van der Waals surface area contributed by atoms with E-state index in [0.29, 0.717) is 61.1 Å². The van der Waals surface area contributed by atoms with Gasteiger partial charge in [-0.3, -0.25) is 57.7 Å². The molecular weight excluding hydrogens is 1400 g/mol. The number of rotatable bonds is 46. The number of ketones is 2. The van der Waals surface area contributed by atoms with Crippen molar-refractivity contribution in [3.8, 4) is 0 Å². The van der Waals surface area contributed by atoms with E-state index < -0.39 is 101 Å². The molecule has 2 aromatic rings. The standard InChI is InChI=1S/C78H122FN11O16S/c1-45(2)57(38-60(92)69(47(5)6)87(12)13)74(99)88(14)70(48(7)8)61(104-16)39-65(95)90-42-56(103-15)37-58(90)71(105-17)49(9)72(97)83-50(10)68(52-26-28-54(79)29-27-52)86-77(102)106-43-51-24-30-55(31-25-51)84-73(98)53(22-21-34-82-76(80)101)36-59(91)67(46(3)4)85-63(93)23-19-18-20-35-89-66(96)40-62(75(89)100)107-44-78(32-33-78)41-64(94)81-11/h24-31,45-50,53,56-58,61-62,67-71H,18-23,32-44H2,1-17H3,(H,81,94)(H,83,97)(H,84,98)(H,85,93)(H,86,102)(H3,80,82,101)/t49-,50-,53?,56-,57+,58+,61-,62?,67+,68?,69+,70+,71-/m1/s1. The minimum atomic E-state index is -0.964. The van der Waals surface area contributed by atoms with E-state index in [1.807, 2.05) is 60.5 Å². The Kier molecular flexibility index (Phi) is 36.1. The van der Waals surface area contributed by atoms with Gasteiger partial charge in [-0.05, 0) is 130 Å². The van der Waals surface area contributed by atoms with Gasteiger partial charge in [-0.15, -0.1) is 11.8 Å².